The average Bonchev–Trinajstić information content (AvgIpc) is 2.74. The molecule has 0 spiro atoms. The van der Waals surface area contributed by atoms with Crippen molar-refractivity contribution in [2.75, 3.05) is 0 Å². The highest BCUT2D eigenvalue weighted by Crippen LogP contribution is 2.17. The summed E-state index contributed by atoms with van der Waals surface area (Å²) in [5.41, 5.74) is 1.50. The lowest BCUT2D eigenvalue weighted by atomic mass is 10.3. The van der Waals surface area contributed by atoms with Crippen LogP contribution in [0.5, 0.6) is 0 Å². The van der Waals surface area contributed by atoms with Gasteiger partial charge in [0.1, 0.15) is 0 Å². The Labute approximate surface area is 94.6 Å². The van der Waals surface area contributed by atoms with E-state index in [-0.39, 0.29) is 5.16 Å². The van der Waals surface area contributed by atoms with Crippen molar-refractivity contribution in [3.63, 3.8) is 0 Å². The van der Waals surface area contributed by atoms with Gasteiger partial charge in [-0.15, -0.1) is 0 Å². The number of aliphatic imine (C=N–C) groups is 1. The summed E-state index contributed by atoms with van der Waals surface area (Å²) in [4.78, 5) is 12.0. The van der Waals surface area contributed by atoms with Gasteiger partial charge in [-0.2, -0.15) is 0 Å². The molecule has 1 aliphatic rings. The lowest BCUT2D eigenvalue weighted by Gasteiger charge is -2.09. The van der Waals surface area contributed by atoms with Crippen LogP contribution < -0.4 is 0 Å². The predicted octanol–water partition coefficient (Wildman–Crippen LogP) is 0.981. The molecular formula is C10H13N3O2S. The Bertz CT molecular complexity index is 537. The van der Waals surface area contributed by atoms with Crippen LogP contribution in [0.1, 0.15) is 31.5 Å². The number of aromatic nitrogens is 2. The Kier molecular flexibility index (Phi) is 2.75. The van der Waals surface area contributed by atoms with Gasteiger partial charge in [0, 0.05) is 18.0 Å². The first-order chi connectivity index (χ1) is 7.55. The van der Waals surface area contributed by atoms with E-state index >= 15 is 0 Å². The summed E-state index contributed by atoms with van der Waals surface area (Å²) >= 11 is 0. The predicted molar refractivity (Wildman–Crippen MR) is 60.3 cm³/mol. The van der Waals surface area contributed by atoms with Gasteiger partial charge >= 0.3 is 0 Å². The minimum Gasteiger partial charge on any atom is -0.286 e. The zero-order chi connectivity index (χ0) is 11.8. The summed E-state index contributed by atoms with van der Waals surface area (Å²) in [6.45, 7) is 4.04. The van der Waals surface area contributed by atoms with E-state index in [1.54, 1.807) is 19.3 Å². The molecule has 5 nitrogen and oxygen atoms in total. The maximum atomic E-state index is 12.0. The number of nitrogens with zero attached hydrogens (tertiary/aromatic N) is 3. The zero-order valence-electron chi connectivity index (χ0n) is 9.21. The molecule has 0 aromatic carbocycles. The topological polar surface area (TPSA) is 72.3 Å². The van der Waals surface area contributed by atoms with Crippen molar-refractivity contribution in [2.24, 2.45) is 4.99 Å². The second kappa shape index (κ2) is 3.93. The third-order valence-electron chi connectivity index (χ3n) is 2.71. The first kappa shape index (κ1) is 11.2. The van der Waals surface area contributed by atoms with E-state index in [4.69, 9.17) is 0 Å². The highest BCUT2D eigenvalue weighted by Gasteiger charge is 2.26. The number of fused-ring (bicyclic) bond motifs is 1. The van der Waals surface area contributed by atoms with Crippen LogP contribution in [0.2, 0.25) is 0 Å². The minimum absolute atomic E-state index is 0.0889. The van der Waals surface area contributed by atoms with Gasteiger partial charge in [-0.3, -0.25) is 4.99 Å². The summed E-state index contributed by atoms with van der Waals surface area (Å²) < 4.78 is 24.0. The lowest BCUT2D eigenvalue weighted by Crippen LogP contribution is -2.20. The Morgan fingerprint density at radius 3 is 2.94 bits per heavy atom. The molecule has 0 N–H and O–H groups in total. The van der Waals surface area contributed by atoms with Gasteiger partial charge in [0.05, 0.1) is 17.5 Å². The zero-order valence-corrected chi connectivity index (χ0v) is 10.0. The maximum Gasteiger partial charge on any atom is 0.247 e. The van der Waals surface area contributed by atoms with Crippen LogP contribution in [0.15, 0.2) is 16.3 Å². The molecule has 6 heteroatoms. The van der Waals surface area contributed by atoms with Crippen LogP contribution in [0, 0.1) is 0 Å². The molecule has 0 saturated heterocycles. The van der Waals surface area contributed by atoms with Crippen molar-refractivity contribution in [3.8, 4) is 0 Å². The molecule has 1 aliphatic heterocycles. The molecule has 1 atom stereocenters. The first-order valence-corrected chi connectivity index (χ1v) is 6.70. The quantitative estimate of drug-likeness (QED) is 0.737. The molecular weight excluding hydrogens is 226 g/mol. The highest BCUT2D eigenvalue weighted by molar-refractivity contribution is 7.91. The maximum absolute atomic E-state index is 12.0. The smallest absolute Gasteiger partial charge is 0.247 e. The van der Waals surface area contributed by atoms with E-state index in [9.17, 15) is 8.42 Å². The monoisotopic (exact) mass is 239 g/mol. The molecule has 16 heavy (non-hydrogen) atoms. The van der Waals surface area contributed by atoms with Gasteiger partial charge in [-0.1, -0.05) is 6.92 Å². The molecule has 86 valence electrons. The molecule has 1 aromatic heterocycles. The molecule has 2 heterocycles. The van der Waals surface area contributed by atoms with E-state index in [0.29, 0.717) is 18.7 Å². The fourth-order valence-corrected chi connectivity index (χ4v) is 2.63. The van der Waals surface area contributed by atoms with Gasteiger partial charge in [0.15, 0.2) is 0 Å². The molecule has 0 bridgehead atoms. The SMILES string of the molecule is CCC(C)S(=O)(=O)c1ncc2c(n1)C=NC2. The average molecular weight is 239 g/mol. The molecule has 0 saturated carbocycles. The summed E-state index contributed by atoms with van der Waals surface area (Å²) in [6, 6.07) is 0. The summed E-state index contributed by atoms with van der Waals surface area (Å²) in [6.07, 6.45) is 3.69. The third kappa shape index (κ3) is 1.73. The molecule has 1 aromatic rings. The number of hydrogen-bond donors (Lipinski definition) is 0. The molecule has 0 radical (unpaired) electrons. The van der Waals surface area contributed by atoms with E-state index in [2.05, 4.69) is 15.0 Å². The fourth-order valence-electron chi connectivity index (χ4n) is 1.40. The molecule has 0 fully saturated rings. The first-order valence-electron chi connectivity index (χ1n) is 5.15. The van der Waals surface area contributed by atoms with Crippen molar-refractivity contribution in [2.45, 2.75) is 37.2 Å². The van der Waals surface area contributed by atoms with Gasteiger partial charge < -0.3 is 0 Å². The number of hydrogen-bond acceptors (Lipinski definition) is 5. The Morgan fingerprint density at radius 1 is 1.50 bits per heavy atom. The van der Waals surface area contributed by atoms with Crippen molar-refractivity contribution < 1.29 is 8.42 Å². The molecule has 1 unspecified atom stereocenters. The Morgan fingerprint density at radius 2 is 2.25 bits per heavy atom. The second-order valence-corrected chi connectivity index (χ2v) is 6.06. The molecule has 0 aliphatic carbocycles. The number of rotatable bonds is 3. The van der Waals surface area contributed by atoms with Crippen LogP contribution >= 0.6 is 0 Å². The van der Waals surface area contributed by atoms with E-state index < -0.39 is 15.1 Å². The van der Waals surface area contributed by atoms with Crippen LogP contribution in [0.4, 0.5) is 0 Å². The van der Waals surface area contributed by atoms with Crippen LogP contribution in [0.3, 0.4) is 0 Å². The highest BCUT2D eigenvalue weighted by atomic mass is 32.2. The van der Waals surface area contributed by atoms with Crippen molar-refractivity contribution in [1.82, 2.24) is 9.97 Å². The lowest BCUT2D eigenvalue weighted by molar-refractivity contribution is 0.571. The number of sulfone groups is 1. The summed E-state index contributed by atoms with van der Waals surface area (Å²) in [5, 5.41) is -0.544. The molecule has 2 rings (SSSR count). The van der Waals surface area contributed by atoms with Gasteiger partial charge in [0.25, 0.3) is 0 Å². The summed E-state index contributed by atoms with van der Waals surface area (Å²) in [5.74, 6) is 0. The standard InChI is InChI=1S/C10H13N3O2S/c1-3-7(2)16(14,15)10-12-5-8-4-11-6-9(8)13-10/h5-7H,3-4H2,1-2H3. The van der Waals surface area contributed by atoms with E-state index in [1.165, 1.54) is 0 Å². The van der Waals surface area contributed by atoms with Gasteiger partial charge in [-0.25, -0.2) is 18.4 Å². The van der Waals surface area contributed by atoms with E-state index in [1.807, 2.05) is 6.92 Å². The normalized spacial score (nSPS) is 16.1. The van der Waals surface area contributed by atoms with Crippen LogP contribution in [-0.2, 0) is 16.4 Å². The van der Waals surface area contributed by atoms with Crippen molar-refractivity contribution in [1.29, 1.82) is 0 Å². The largest absolute Gasteiger partial charge is 0.286 e. The third-order valence-corrected chi connectivity index (χ3v) is 4.81. The van der Waals surface area contributed by atoms with Crippen LogP contribution in [-0.4, -0.2) is 29.9 Å². The fraction of sp³-hybridized carbons (Fsp3) is 0.500. The van der Waals surface area contributed by atoms with Crippen molar-refractivity contribution >= 4 is 16.1 Å². The summed E-state index contributed by atoms with van der Waals surface area (Å²) in [7, 11) is -3.39. The Hall–Kier alpha value is -1.30. The van der Waals surface area contributed by atoms with Crippen LogP contribution in [0.25, 0.3) is 0 Å². The van der Waals surface area contributed by atoms with Gasteiger partial charge in [-0.05, 0) is 13.3 Å². The minimum atomic E-state index is -3.39. The Balaban J connectivity index is 2.46. The van der Waals surface area contributed by atoms with Gasteiger partial charge in [0.2, 0.25) is 15.0 Å². The molecule has 0 amide bonds. The van der Waals surface area contributed by atoms with E-state index in [0.717, 1.165) is 5.56 Å². The second-order valence-electron chi connectivity index (χ2n) is 3.80. The van der Waals surface area contributed by atoms with Crippen molar-refractivity contribution in [3.05, 3.63) is 17.5 Å².